The fourth-order valence-corrected chi connectivity index (χ4v) is 1.92. The second kappa shape index (κ2) is 8.24. The quantitative estimate of drug-likeness (QED) is 0.685. The minimum atomic E-state index is -0.274. The van der Waals surface area contributed by atoms with Crippen molar-refractivity contribution in [2.75, 3.05) is 20.3 Å². The van der Waals surface area contributed by atoms with Crippen molar-refractivity contribution in [1.29, 1.82) is 0 Å². The molecule has 1 aromatic heterocycles. The highest BCUT2D eigenvalue weighted by Crippen LogP contribution is 2.19. The predicted molar refractivity (Wildman–Crippen MR) is 71.4 cm³/mol. The van der Waals surface area contributed by atoms with Crippen LogP contribution in [-0.2, 0) is 16.0 Å². The molecule has 1 unspecified atom stereocenters. The second-order valence-electron chi connectivity index (χ2n) is 4.08. The van der Waals surface area contributed by atoms with Gasteiger partial charge in [-0.3, -0.25) is 4.68 Å². The van der Waals surface area contributed by atoms with Crippen LogP contribution in [-0.4, -0.2) is 36.3 Å². The van der Waals surface area contributed by atoms with Crippen LogP contribution in [0, 0.1) is 0 Å². The van der Waals surface area contributed by atoms with Crippen molar-refractivity contribution in [3.63, 3.8) is 0 Å². The van der Waals surface area contributed by atoms with E-state index in [9.17, 15) is 0 Å². The molecule has 0 radical (unpaired) electrons. The number of rotatable bonds is 9. The number of nitrogens with zero attached hydrogens (tertiary/aromatic N) is 2. The lowest BCUT2D eigenvalue weighted by Gasteiger charge is -2.25. The molecule has 5 nitrogen and oxygen atoms in total. The molecule has 0 aliphatic heterocycles. The normalized spacial score (nSPS) is 13.2. The third-order valence-electron chi connectivity index (χ3n) is 2.71. The molecule has 1 rings (SSSR count). The van der Waals surface area contributed by atoms with Gasteiger partial charge in [-0.1, -0.05) is 6.92 Å². The number of aryl methyl sites for hydroxylation is 1. The first-order valence-corrected chi connectivity index (χ1v) is 6.69. The van der Waals surface area contributed by atoms with Gasteiger partial charge < -0.3 is 14.8 Å². The first kappa shape index (κ1) is 15.1. The topological polar surface area (TPSA) is 48.3 Å². The van der Waals surface area contributed by atoms with E-state index in [1.54, 1.807) is 0 Å². The fourth-order valence-electron chi connectivity index (χ4n) is 1.92. The summed E-state index contributed by atoms with van der Waals surface area (Å²) in [7, 11) is 1.91. The van der Waals surface area contributed by atoms with Crippen LogP contribution in [0.1, 0.15) is 38.8 Å². The molecule has 104 valence electrons. The van der Waals surface area contributed by atoms with Gasteiger partial charge in [-0.25, -0.2) is 0 Å². The molecular formula is C13H25N3O2. The zero-order valence-corrected chi connectivity index (χ0v) is 11.8. The Balaban J connectivity index is 2.77. The van der Waals surface area contributed by atoms with E-state index in [2.05, 4.69) is 23.5 Å². The van der Waals surface area contributed by atoms with Crippen molar-refractivity contribution in [2.24, 2.45) is 0 Å². The molecule has 1 heterocycles. The van der Waals surface area contributed by atoms with E-state index in [1.807, 2.05) is 31.8 Å². The Bertz CT molecular complexity index is 322. The molecule has 0 amide bonds. The van der Waals surface area contributed by atoms with Crippen LogP contribution in [0.4, 0.5) is 0 Å². The zero-order chi connectivity index (χ0) is 13.4. The molecule has 0 fully saturated rings. The molecule has 0 aromatic carbocycles. The molecule has 1 aromatic rings. The number of aromatic nitrogens is 2. The van der Waals surface area contributed by atoms with Gasteiger partial charge in [0.15, 0.2) is 6.29 Å². The van der Waals surface area contributed by atoms with Crippen LogP contribution in [0.5, 0.6) is 0 Å². The highest BCUT2D eigenvalue weighted by Gasteiger charge is 2.23. The zero-order valence-electron chi connectivity index (χ0n) is 11.8. The smallest absolute Gasteiger partial charge is 0.176 e. The molecule has 0 spiro atoms. The minimum Gasteiger partial charge on any atom is -0.351 e. The van der Waals surface area contributed by atoms with Gasteiger partial charge in [0.2, 0.25) is 0 Å². The summed E-state index contributed by atoms with van der Waals surface area (Å²) in [5.41, 5.74) is 1.10. The Morgan fingerprint density at radius 3 is 2.44 bits per heavy atom. The lowest BCUT2D eigenvalue weighted by atomic mass is 10.1. The van der Waals surface area contributed by atoms with Gasteiger partial charge in [-0.2, -0.15) is 5.10 Å². The Kier molecular flexibility index (Phi) is 6.93. The summed E-state index contributed by atoms with van der Waals surface area (Å²) in [6.45, 7) is 8.28. The molecular weight excluding hydrogens is 230 g/mol. The van der Waals surface area contributed by atoms with Crippen molar-refractivity contribution in [2.45, 2.75) is 46.1 Å². The van der Waals surface area contributed by atoms with E-state index in [1.165, 1.54) is 0 Å². The lowest BCUT2D eigenvalue weighted by molar-refractivity contribution is -0.154. The van der Waals surface area contributed by atoms with Crippen LogP contribution in [0.25, 0.3) is 0 Å². The van der Waals surface area contributed by atoms with E-state index < -0.39 is 0 Å². The Morgan fingerprint density at radius 1 is 1.28 bits per heavy atom. The van der Waals surface area contributed by atoms with Crippen LogP contribution >= 0.6 is 0 Å². The first-order chi connectivity index (χ1) is 8.76. The monoisotopic (exact) mass is 255 g/mol. The average molecular weight is 255 g/mol. The maximum atomic E-state index is 5.64. The lowest BCUT2D eigenvalue weighted by Crippen LogP contribution is -2.33. The predicted octanol–water partition coefficient (Wildman–Crippen LogP) is 1.95. The number of ether oxygens (including phenoxy) is 2. The molecule has 0 aliphatic carbocycles. The Labute approximate surface area is 109 Å². The van der Waals surface area contributed by atoms with E-state index in [0.717, 1.165) is 18.5 Å². The Hall–Kier alpha value is -0.910. The third kappa shape index (κ3) is 4.08. The van der Waals surface area contributed by atoms with Crippen molar-refractivity contribution < 1.29 is 9.47 Å². The minimum absolute atomic E-state index is 0.00973. The molecule has 1 atom stereocenters. The van der Waals surface area contributed by atoms with Crippen molar-refractivity contribution >= 4 is 0 Å². The highest BCUT2D eigenvalue weighted by molar-refractivity contribution is 5.11. The first-order valence-electron chi connectivity index (χ1n) is 6.69. The molecule has 0 aliphatic rings. The summed E-state index contributed by atoms with van der Waals surface area (Å²) in [6, 6.07) is 0.00973. The van der Waals surface area contributed by atoms with Crippen LogP contribution in [0.15, 0.2) is 12.4 Å². The maximum Gasteiger partial charge on any atom is 0.176 e. The maximum absolute atomic E-state index is 5.64. The SMILES string of the molecule is CCCn1cc(C(NC)C(OCC)OCC)cn1. The number of likely N-dealkylation sites (N-methyl/N-ethyl adjacent to an activating group) is 1. The summed E-state index contributed by atoms with van der Waals surface area (Å²) in [5.74, 6) is 0. The van der Waals surface area contributed by atoms with Gasteiger partial charge in [0.05, 0.1) is 12.2 Å². The number of hydrogen-bond donors (Lipinski definition) is 1. The largest absolute Gasteiger partial charge is 0.351 e. The van der Waals surface area contributed by atoms with Gasteiger partial charge in [-0.05, 0) is 27.3 Å². The highest BCUT2D eigenvalue weighted by atomic mass is 16.7. The number of nitrogens with one attached hydrogen (secondary N) is 1. The summed E-state index contributed by atoms with van der Waals surface area (Å²) in [6.07, 6.45) is 4.73. The van der Waals surface area contributed by atoms with E-state index >= 15 is 0 Å². The summed E-state index contributed by atoms with van der Waals surface area (Å²) >= 11 is 0. The molecule has 1 N–H and O–H groups in total. The molecule has 0 saturated carbocycles. The van der Waals surface area contributed by atoms with Crippen LogP contribution < -0.4 is 5.32 Å². The number of hydrogen-bond acceptors (Lipinski definition) is 4. The van der Waals surface area contributed by atoms with E-state index in [-0.39, 0.29) is 12.3 Å². The van der Waals surface area contributed by atoms with Crippen LogP contribution in [0.3, 0.4) is 0 Å². The summed E-state index contributed by atoms with van der Waals surface area (Å²) in [4.78, 5) is 0. The van der Waals surface area contributed by atoms with E-state index in [0.29, 0.717) is 13.2 Å². The van der Waals surface area contributed by atoms with Gasteiger partial charge in [0, 0.05) is 31.5 Å². The van der Waals surface area contributed by atoms with E-state index in [4.69, 9.17) is 9.47 Å². The molecule has 0 bridgehead atoms. The Morgan fingerprint density at radius 2 is 1.94 bits per heavy atom. The van der Waals surface area contributed by atoms with Gasteiger partial charge in [0.1, 0.15) is 0 Å². The molecule has 18 heavy (non-hydrogen) atoms. The fraction of sp³-hybridized carbons (Fsp3) is 0.769. The second-order valence-corrected chi connectivity index (χ2v) is 4.08. The summed E-state index contributed by atoms with van der Waals surface area (Å²) < 4.78 is 13.2. The third-order valence-corrected chi connectivity index (χ3v) is 2.71. The van der Waals surface area contributed by atoms with Crippen molar-refractivity contribution in [1.82, 2.24) is 15.1 Å². The van der Waals surface area contributed by atoms with Gasteiger partial charge in [0.25, 0.3) is 0 Å². The van der Waals surface area contributed by atoms with Gasteiger partial charge in [-0.15, -0.1) is 0 Å². The van der Waals surface area contributed by atoms with Crippen molar-refractivity contribution in [3.8, 4) is 0 Å². The van der Waals surface area contributed by atoms with Gasteiger partial charge >= 0.3 is 0 Å². The molecule has 5 heteroatoms. The van der Waals surface area contributed by atoms with Crippen LogP contribution in [0.2, 0.25) is 0 Å². The van der Waals surface area contributed by atoms with Crippen molar-refractivity contribution in [3.05, 3.63) is 18.0 Å². The summed E-state index contributed by atoms with van der Waals surface area (Å²) in [5, 5.41) is 7.58. The molecule has 0 saturated heterocycles. The standard InChI is InChI=1S/C13H25N3O2/c1-5-8-16-10-11(9-15-16)12(14-4)13(17-6-2)18-7-3/h9-10,12-14H,5-8H2,1-4H3. The average Bonchev–Trinajstić information content (AvgIpc) is 2.80.